The number of benzene rings is 1. The third-order valence-corrected chi connectivity index (χ3v) is 5.31. The molecule has 2 fully saturated rings. The van der Waals surface area contributed by atoms with Crippen LogP contribution < -0.4 is 4.74 Å². The second kappa shape index (κ2) is 8.59. The van der Waals surface area contributed by atoms with E-state index in [1.807, 2.05) is 0 Å². The van der Waals surface area contributed by atoms with Gasteiger partial charge in [0.1, 0.15) is 18.5 Å². The van der Waals surface area contributed by atoms with E-state index in [0.717, 1.165) is 38.1 Å². The minimum absolute atomic E-state index is 0.0808. The molecule has 0 amide bonds. The van der Waals surface area contributed by atoms with Gasteiger partial charge in [-0.2, -0.15) is 13.2 Å². The molecule has 0 bridgehead atoms. The summed E-state index contributed by atoms with van der Waals surface area (Å²) >= 11 is 0. The van der Waals surface area contributed by atoms with E-state index in [9.17, 15) is 18.3 Å². The molecule has 0 saturated carbocycles. The number of hydrogen-bond donors (Lipinski definition) is 1. The monoisotopic (exact) mass is 372 g/mol. The summed E-state index contributed by atoms with van der Waals surface area (Å²) < 4.78 is 43.0. The number of ether oxygens (including phenoxy) is 1. The summed E-state index contributed by atoms with van der Waals surface area (Å²) in [5.41, 5.74) is -0.703. The maximum Gasteiger partial charge on any atom is 0.416 e. The van der Waals surface area contributed by atoms with Gasteiger partial charge in [-0.25, -0.2) is 0 Å². The molecule has 1 aromatic rings. The van der Waals surface area contributed by atoms with Gasteiger partial charge in [0.2, 0.25) is 0 Å². The molecule has 2 aliphatic rings. The first-order chi connectivity index (χ1) is 12.4. The van der Waals surface area contributed by atoms with Crippen molar-refractivity contribution in [3.8, 4) is 5.75 Å². The maximum atomic E-state index is 12.5. The zero-order chi connectivity index (χ0) is 18.6. The Kier molecular flexibility index (Phi) is 6.42. The van der Waals surface area contributed by atoms with Gasteiger partial charge < -0.3 is 19.6 Å². The van der Waals surface area contributed by atoms with E-state index < -0.39 is 17.8 Å². The average molecular weight is 372 g/mol. The van der Waals surface area contributed by atoms with Crippen molar-refractivity contribution < 1.29 is 23.0 Å². The van der Waals surface area contributed by atoms with Crippen LogP contribution >= 0.6 is 0 Å². The Labute approximate surface area is 152 Å². The van der Waals surface area contributed by atoms with E-state index in [1.165, 1.54) is 38.1 Å². The lowest BCUT2D eigenvalue weighted by Crippen LogP contribution is -2.46. The standard InChI is InChI=1S/C19H27F3N2O2/c20-19(21,22)15-3-5-18(6-4-15)26-14-17(25)13-23-11-7-16(8-12-23)24-9-1-2-10-24/h3-6,16-17,25H,1-2,7-14H2/t17-/m0/s1. The van der Waals surface area contributed by atoms with Gasteiger partial charge in [0.25, 0.3) is 0 Å². The van der Waals surface area contributed by atoms with Crippen LogP contribution in [0.3, 0.4) is 0 Å². The summed E-state index contributed by atoms with van der Waals surface area (Å²) in [5, 5.41) is 10.2. The topological polar surface area (TPSA) is 35.9 Å². The summed E-state index contributed by atoms with van der Waals surface area (Å²) in [5.74, 6) is 0.338. The molecular formula is C19H27F3N2O2. The number of alkyl halides is 3. The predicted molar refractivity (Wildman–Crippen MR) is 93.2 cm³/mol. The number of rotatable bonds is 6. The molecule has 7 heteroatoms. The van der Waals surface area contributed by atoms with E-state index in [0.29, 0.717) is 18.3 Å². The molecular weight excluding hydrogens is 345 g/mol. The van der Waals surface area contributed by atoms with Crippen molar-refractivity contribution in [2.75, 3.05) is 39.3 Å². The molecule has 3 rings (SSSR count). The van der Waals surface area contributed by atoms with E-state index in [2.05, 4.69) is 9.80 Å². The highest BCUT2D eigenvalue weighted by Gasteiger charge is 2.30. The first-order valence-corrected chi connectivity index (χ1v) is 9.36. The quantitative estimate of drug-likeness (QED) is 0.833. The zero-order valence-electron chi connectivity index (χ0n) is 14.9. The molecule has 146 valence electrons. The summed E-state index contributed by atoms with van der Waals surface area (Å²) in [6.45, 7) is 4.99. The number of halogens is 3. The van der Waals surface area contributed by atoms with Crippen molar-refractivity contribution in [1.29, 1.82) is 0 Å². The summed E-state index contributed by atoms with van der Waals surface area (Å²) in [7, 11) is 0. The molecule has 2 heterocycles. The highest BCUT2D eigenvalue weighted by molar-refractivity contribution is 5.28. The summed E-state index contributed by atoms with van der Waals surface area (Å²) in [6.07, 6.45) is -0.126. The van der Waals surface area contributed by atoms with Crippen molar-refractivity contribution in [2.45, 2.75) is 44.0 Å². The number of aliphatic hydroxyl groups is 1. The highest BCUT2D eigenvalue weighted by atomic mass is 19.4. The van der Waals surface area contributed by atoms with Crippen LogP contribution in [0, 0.1) is 0 Å². The van der Waals surface area contributed by atoms with Gasteiger partial charge in [-0.1, -0.05) is 0 Å². The lowest BCUT2D eigenvalue weighted by molar-refractivity contribution is -0.137. The molecule has 0 radical (unpaired) electrons. The normalized spacial score (nSPS) is 21.8. The number of aliphatic hydroxyl groups excluding tert-OH is 1. The number of piperidine rings is 1. The number of β-amino-alcohol motifs (C(OH)–C–C–N with tert-alkyl or cyclic N) is 1. The lowest BCUT2D eigenvalue weighted by Gasteiger charge is -2.37. The second-order valence-corrected chi connectivity index (χ2v) is 7.26. The molecule has 26 heavy (non-hydrogen) atoms. The predicted octanol–water partition coefficient (Wildman–Crippen LogP) is 3.01. The van der Waals surface area contributed by atoms with Gasteiger partial charge in [-0.15, -0.1) is 0 Å². The van der Waals surface area contributed by atoms with E-state index in [1.54, 1.807) is 0 Å². The molecule has 1 atom stereocenters. The van der Waals surface area contributed by atoms with Crippen LogP contribution in [0.2, 0.25) is 0 Å². The van der Waals surface area contributed by atoms with Crippen LogP contribution in [0.5, 0.6) is 5.75 Å². The van der Waals surface area contributed by atoms with Gasteiger partial charge in [0, 0.05) is 12.6 Å². The molecule has 1 N–H and O–H groups in total. The van der Waals surface area contributed by atoms with E-state index in [-0.39, 0.29) is 6.61 Å². The van der Waals surface area contributed by atoms with Crippen LogP contribution in [-0.2, 0) is 6.18 Å². The second-order valence-electron chi connectivity index (χ2n) is 7.26. The van der Waals surface area contributed by atoms with Crippen LogP contribution in [0.25, 0.3) is 0 Å². The van der Waals surface area contributed by atoms with Crippen molar-refractivity contribution >= 4 is 0 Å². The van der Waals surface area contributed by atoms with Crippen LogP contribution in [0.15, 0.2) is 24.3 Å². The smallest absolute Gasteiger partial charge is 0.416 e. The van der Waals surface area contributed by atoms with Crippen molar-refractivity contribution in [1.82, 2.24) is 9.80 Å². The van der Waals surface area contributed by atoms with Gasteiger partial charge in [0.05, 0.1) is 5.56 Å². The number of nitrogens with zero attached hydrogens (tertiary/aromatic N) is 2. The maximum absolute atomic E-state index is 12.5. The molecule has 2 saturated heterocycles. The Morgan fingerprint density at radius 2 is 1.65 bits per heavy atom. The average Bonchev–Trinajstić information content (AvgIpc) is 3.15. The molecule has 0 aromatic heterocycles. The van der Waals surface area contributed by atoms with Gasteiger partial charge in [-0.3, -0.25) is 0 Å². The first-order valence-electron chi connectivity index (χ1n) is 9.36. The molecule has 0 unspecified atom stereocenters. The van der Waals surface area contributed by atoms with E-state index >= 15 is 0 Å². The molecule has 1 aromatic carbocycles. The Morgan fingerprint density at radius 3 is 2.23 bits per heavy atom. The molecule has 4 nitrogen and oxygen atoms in total. The zero-order valence-corrected chi connectivity index (χ0v) is 14.9. The van der Waals surface area contributed by atoms with Crippen molar-refractivity contribution in [2.24, 2.45) is 0 Å². The highest BCUT2D eigenvalue weighted by Crippen LogP contribution is 2.30. The molecule has 2 aliphatic heterocycles. The van der Waals surface area contributed by atoms with Gasteiger partial charge >= 0.3 is 6.18 Å². The largest absolute Gasteiger partial charge is 0.491 e. The number of likely N-dealkylation sites (tertiary alicyclic amines) is 2. The molecule has 0 spiro atoms. The number of hydrogen-bond acceptors (Lipinski definition) is 4. The minimum atomic E-state index is -4.35. The third-order valence-electron chi connectivity index (χ3n) is 5.31. The SMILES string of the molecule is O[C@H](COc1ccc(C(F)(F)F)cc1)CN1CCC(N2CCCC2)CC1. The fourth-order valence-corrected chi connectivity index (χ4v) is 3.86. The Bertz CT molecular complexity index is 551. The van der Waals surface area contributed by atoms with Crippen LogP contribution in [-0.4, -0.2) is 66.4 Å². The van der Waals surface area contributed by atoms with Gasteiger partial charge in [-0.05, 0) is 76.1 Å². The minimum Gasteiger partial charge on any atom is -0.491 e. The molecule has 0 aliphatic carbocycles. The summed E-state index contributed by atoms with van der Waals surface area (Å²) in [4.78, 5) is 4.83. The Balaban J connectivity index is 1.37. The fourth-order valence-electron chi connectivity index (χ4n) is 3.86. The van der Waals surface area contributed by atoms with Crippen LogP contribution in [0.4, 0.5) is 13.2 Å². The fraction of sp³-hybridized carbons (Fsp3) is 0.684. The lowest BCUT2D eigenvalue weighted by atomic mass is 10.0. The Morgan fingerprint density at radius 1 is 1.04 bits per heavy atom. The van der Waals surface area contributed by atoms with Crippen molar-refractivity contribution in [3.05, 3.63) is 29.8 Å². The van der Waals surface area contributed by atoms with Crippen LogP contribution in [0.1, 0.15) is 31.2 Å². The first kappa shape index (κ1) is 19.5. The Hall–Kier alpha value is -1.31. The van der Waals surface area contributed by atoms with Gasteiger partial charge in [0.15, 0.2) is 0 Å². The third kappa shape index (κ3) is 5.34. The van der Waals surface area contributed by atoms with E-state index in [4.69, 9.17) is 4.74 Å². The summed E-state index contributed by atoms with van der Waals surface area (Å²) in [6, 6.07) is 5.23. The van der Waals surface area contributed by atoms with Crippen molar-refractivity contribution in [3.63, 3.8) is 0 Å².